The number of aromatic amines is 1. The van der Waals surface area contributed by atoms with Gasteiger partial charge in [0.1, 0.15) is 11.4 Å². The Balaban J connectivity index is 2.29. The van der Waals surface area contributed by atoms with Gasteiger partial charge in [0.15, 0.2) is 0 Å². The van der Waals surface area contributed by atoms with Crippen LogP contribution in [0.25, 0.3) is 10.2 Å². The van der Waals surface area contributed by atoms with Gasteiger partial charge in [-0.05, 0) is 30.7 Å². The zero-order chi connectivity index (χ0) is 14.4. The number of nitrogens with one attached hydrogen (secondary N) is 1. The largest absolute Gasteiger partial charge is 0.480 e. The fourth-order valence-electron chi connectivity index (χ4n) is 2.74. The number of hydrogen-bond donors (Lipinski definition) is 2. The van der Waals surface area contributed by atoms with Crippen molar-refractivity contribution in [1.82, 2.24) is 9.55 Å². The molecule has 6 nitrogen and oxygen atoms in total. The summed E-state index contributed by atoms with van der Waals surface area (Å²) in [5.41, 5.74) is -0.154. The van der Waals surface area contributed by atoms with Crippen molar-refractivity contribution in [3.05, 3.63) is 31.3 Å². The van der Waals surface area contributed by atoms with Gasteiger partial charge in [0.05, 0.1) is 5.39 Å². The van der Waals surface area contributed by atoms with E-state index in [4.69, 9.17) is 5.11 Å². The Morgan fingerprint density at radius 3 is 2.95 bits per heavy atom. The molecular weight excluding hydrogens is 280 g/mol. The van der Waals surface area contributed by atoms with Gasteiger partial charge in [0.25, 0.3) is 5.56 Å². The van der Waals surface area contributed by atoms with Crippen LogP contribution in [-0.2, 0) is 24.2 Å². The molecule has 0 unspecified atom stereocenters. The molecule has 0 saturated heterocycles. The third-order valence-electron chi connectivity index (χ3n) is 3.73. The van der Waals surface area contributed by atoms with Gasteiger partial charge in [0.2, 0.25) is 0 Å². The summed E-state index contributed by atoms with van der Waals surface area (Å²) in [5, 5.41) is 9.30. The Morgan fingerprint density at radius 2 is 2.25 bits per heavy atom. The fraction of sp³-hybridized carbons (Fsp3) is 0.462. The van der Waals surface area contributed by atoms with Crippen LogP contribution in [0.15, 0.2) is 9.59 Å². The number of aromatic nitrogens is 2. The molecule has 2 aromatic heterocycles. The normalized spacial score (nSPS) is 18.1. The van der Waals surface area contributed by atoms with Crippen LogP contribution in [0.1, 0.15) is 23.8 Å². The number of rotatable bonds is 2. The topological polar surface area (TPSA) is 92.2 Å². The highest BCUT2D eigenvalue weighted by atomic mass is 32.1. The summed E-state index contributed by atoms with van der Waals surface area (Å²) in [6.45, 7) is 1.56. The van der Waals surface area contributed by atoms with E-state index in [2.05, 4.69) is 11.9 Å². The lowest BCUT2D eigenvalue weighted by Crippen LogP contribution is -2.37. The van der Waals surface area contributed by atoms with E-state index >= 15 is 0 Å². The molecule has 20 heavy (non-hydrogen) atoms. The van der Waals surface area contributed by atoms with Crippen LogP contribution >= 0.6 is 11.3 Å². The Hall–Kier alpha value is -1.89. The van der Waals surface area contributed by atoms with Crippen LogP contribution in [0.3, 0.4) is 0 Å². The zero-order valence-corrected chi connectivity index (χ0v) is 11.7. The van der Waals surface area contributed by atoms with Crippen molar-refractivity contribution in [2.75, 3.05) is 0 Å². The van der Waals surface area contributed by atoms with Gasteiger partial charge < -0.3 is 5.11 Å². The van der Waals surface area contributed by atoms with E-state index < -0.39 is 23.8 Å². The molecular formula is C13H14N2O4S. The minimum atomic E-state index is -1.20. The van der Waals surface area contributed by atoms with Gasteiger partial charge in [-0.3, -0.25) is 14.6 Å². The van der Waals surface area contributed by atoms with Crippen LogP contribution in [-0.4, -0.2) is 20.6 Å². The molecule has 7 heteroatoms. The maximum atomic E-state index is 12.4. The molecule has 106 valence electrons. The monoisotopic (exact) mass is 294 g/mol. The first-order chi connectivity index (χ1) is 9.47. The van der Waals surface area contributed by atoms with Crippen molar-refractivity contribution in [2.24, 2.45) is 5.92 Å². The molecule has 0 saturated carbocycles. The number of carboxylic acid groups (broad SMARTS) is 1. The maximum absolute atomic E-state index is 12.4. The molecule has 0 bridgehead atoms. The number of carboxylic acids is 1. The van der Waals surface area contributed by atoms with Crippen LogP contribution in [0.4, 0.5) is 0 Å². The van der Waals surface area contributed by atoms with Crippen LogP contribution in [0, 0.1) is 5.92 Å². The molecule has 0 aliphatic heterocycles. The number of fused-ring (bicyclic) bond motifs is 3. The number of nitrogens with zero attached hydrogens (tertiary/aromatic N) is 1. The highest BCUT2D eigenvalue weighted by molar-refractivity contribution is 7.18. The molecule has 2 heterocycles. The molecule has 0 spiro atoms. The van der Waals surface area contributed by atoms with Gasteiger partial charge in [-0.15, -0.1) is 11.3 Å². The summed E-state index contributed by atoms with van der Waals surface area (Å²) in [6, 6.07) is 0. The number of H-pyrrole nitrogens is 1. The standard InChI is InChI=1S/C13H14N2O4S/c1-6-2-3-7-8(4-6)20-11-10(7)12(18)15(5-9(16)17)13(19)14-11/h6H,2-5H2,1H3,(H,14,19)(H,16,17)/t6-/m0/s1. The number of hydrogen-bond acceptors (Lipinski definition) is 4. The molecule has 1 aliphatic rings. The van der Waals surface area contributed by atoms with Crippen LogP contribution < -0.4 is 11.2 Å². The van der Waals surface area contributed by atoms with Crippen molar-refractivity contribution in [3.63, 3.8) is 0 Å². The van der Waals surface area contributed by atoms with E-state index in [9.17, 15) is 14.4 Å². The Labute approximate surface area is 117 Å². The molecule has 0 amide bonds. The first-order valence-corrected chi connectivity index (χ1v) is 7.28. The van der Waals surface area contributed by atoms with E-state index in [1.165, 1.54) is 11.3 Å². The molecule has 3 rings (SSSR count). The molecule has 0 aromatic carbocycles. The molecule has 2 aromatic rings. The van der Waals surface area contributed by atoms with E-state index in [1.807, 2.05) is 0 Å². The van der Waals surface area contributed by atoms with Crippen LogP contribution in [0.5, 0.6) is 0 Å². The summed E-state index contributed by atoms with van der Waals surface area (Å²) in [4.78, 5) is 39.3. The Bertz CT molecular complexity index is 814. The predicted octanol–water partition coefficient (Wildman–Crippen LogP) is 0.961. The van der Waals surface area contributed by atoms with Gasteiger partial charge >= 0.3 is 11.7 Å². The SMILES string of the molecule is C[C@H]1CCc2c(sc3[nH]c(=O)n(CC(=O)O)c(=O)c23)C1. The zero-order valence-electron chi connectivity index (χ0n) is 10.9. The van der Waals surface area contributed by atoms with E-state index in [0.717, 1.165) is 34.3 Å². The third kappa shape index (κ3) is 1.98. The van der Waals surface area contributed by atoms with Gasteiger partial charge in [-0.25, -0.2) is 9.36 Å². The lowest BCUT2D eigenvalue weighted by atomic mass is 9.89. The molecule has 1 atom stereocenters. The van der Waals surface area contributed by atoms with E-state index in [1.54, 1.807) is 0 Å². The molecule has 1 aliphatic carbocycles. The lowest BCUT2D eigenvalue weighted by molar-refractivity contribution is -0.137. The fourth-order valence-corrected chi connectivity index (χ4v) is 4.13. The van der Waals surface area contributed by atoms with Crippen molar-refractivity contribution in [1.29, 1.82) is 0 Å². The van der Waals surface area contributed by atoms with Gasteiger partial charge in [0, 0.05) is 4.88 Å². The van der Waals surface area contributed by atoms with Crippen molar-refractivity contribution < 1.29 is 9.90 Å². The maximum Gasteiger partial charge on any atom is 0.329 e. The summed E-state index contributed by atoms with van der Waals surface area (Å²) in [6.07, 6.45) is 2.73. The first-order valence-electron chi connectivity index (χ1n) is 6.46. The second-order valence-corrected chi connectivity index (χ2v) is 6.38. The van der Waals surface area contributed by atoms with Crippen molar-refractivity contribution >= 4 is 27.5 Å². The van der Waals surface area contributed by atoms with Gasteiger partial charge in [-0.2, -0.15) is 0 Å². The summed E-state index contributed by atoms with van der Waals surface area (Å²) in [7, 11) is 0. The van der Waals surface area contributed by atoms with Crippen LogP contribution in [0.2, 0.25) is 0 Å². The first kappa shape index (κ1) is 13.1. The predicted molar refractivity (Wildman–Crippen MR) is 75.5 cm³/mol. The quantitative estimate of drug-likeness (QED) is 0.863. The third-order valence-corrected chi connectivity index (χ3v) is 4.90. The summed E-state index contributed by atoms with van der Waals surface area (Å²) in [5.74, 6) is -0.627. The average Bonchev–Trinajstić information content (AvgIpc) is 2.71. The number of carbonyl (C=O) groups is 1. The Kier molecular flexibility index (Phi) is 3.01. The van der Waals surface area contributed by atoms with Gasteiger partial charge in [-0.1, -0.05) is 6.92 Å². The molecule has 0 radical (unpaired) electrons. The number of aliphatic carboxylic acids is 1. The highest BCUT2D eigenvalue weighted by Gasteiger charge is 2.23. The number of aryl methyl sites for hydroxylation is 1. The second kappa shape index (κ2) is 4.59. The minimum Gasteiger partial charge on any atom is -0.480 e. The molecule has 2 N–H and O–H groups in total. The van der Waals surface area contributed by atoms with Crippen molar-refractivity contribution in [2.45, 2.75) is 32.7 Å². The lowest BCUT2D eigenvalue weighted by Gasteiger charge is -2.17. The average molecular weight is 294 g/mol. The van der Waals surface area contributed by atoms with E-state index in [-0.39, 0.29) is 0 Å². The minimum absolute atomic E-state index is 0.488. The highest BCUT2D eigenvalue weighted by Crippen LogP contribution is 2.35. The Morgan fingerprint density at radius 1 is 1.50 bits per heavy atom. The number of thiophene rings is 1. The van der Waals surface area contributed by atoms with E-state index in [0.29, 0.717) is 16.1 Å². The summed E-state index contributed by atoms with van der Waals surface area (Å²) >= 11 is 1.44. The summed E-state index contributed by atoms with van der Waals surface area (Å²) < 4.78 is 0.760. The second-order valence-electron chi connectivity index (χ2n) is 5.27. The smallest absolute Gasteiger partial charge is 0.329 e. The molecule has 0 fully saturated rings. The van der Waals surface area contributed by atoms with Crippen molar-refractivity contribution in [3.8, 4) is 0 Å².